The molecule has 0 aliphatic heterocycles. The second kappa shape index (κ2) is 16.0. The number of Topliss-reactive ketones (excluding diaryl/α,β-unsaturated/α-hetero) is 1. The van der Waals surface area contributed by atoms with Gasteiger partial charge in [-0.1, -0.05) is 72.5 Å². The van der Waals surface area contributed by atoms with E-state index in [4.69, 9.17) is 4.74 Å². The number of nitrogens with one attached hydrogen (secondary N) is 1. The number of hydrogen-bond donors (Lipinski definition) is 1. The van der Waals surface area contributed by atoms with E-state index in [1.807, 2.05) is 11.8 Å². The Morgan fingerprint density at radius 3 is 2.45 bits per heavy atom. The highest BCUT2D eigenvalue weighted by atomic mass is 32.2. The number of ketones is 1. The summed E-state index contributed by atoms with van der Waals surface area (Å²) in [7, 11) is 0. The Hall–Kier alpha value is -0.810. The van der Waals surface area contributed by atoms with Gasteiger partial charge in [-0.05, 0) is 145 Å². The van der Waals surface area contributed by atoms with Crippen molar-refractivity contribution >= 4 is 23.5 Å². The molecule has 1 N–H and O–H groups in total. The van der Waals surface area contributed by atoms with Gasteiger partial charge in [0.05, 0.1) is 11.4 Å². The van der Waals surface area contributed by atoms with Crippen molar-refractivity contribution in [3.05, 3.63) is 11.6 Å². The molecule has 0 aromatic heterocycles. The molecule has 5 heteroatoms. The molecule has 0 aromatic carbocycles. The van der Waals surface area contributed by atoms with Gasteiger partial charge in [0.2, 0.25) is 5.91 Å². The monoisotopic (exact) mass is 672 g/mol. The molecule has 0 bridgehead atoms. The van der Waals surface area contributed by atoms with Crippen molar-refractivity contribution in [2.75, 3.05) is 12.4 Å². The van der Waals surface area contributed by atoms with E-state index in [1.165, 1.54) is 70.6 Å². The molecule has 4 rings (SSSR count). The topological polar surface area (TPSA) is 55.4 Å². The second-order valence-corrected chi connectivity index (χ2v) is 19.8. The molecule has 3 saturated carbocycles. The molecular formula is C42H73NO3S. The van der Waals surface area contributed by atoms with Crippen LogP contribution in [0.3, 0.4) is 0 Å². The van der Waals surface area contributed by atoms with Crippen LogP contribution in [0, 0.1) is 46.3 Å². The van der Waals surface area contributed by atoms with Crippen molar-refractivity contribution in [2.45, 2.75) is 182 Å². The molecule has 0 aromatic rings. The van der Waals surface area contributed by atoms with Crippen LogP contribution in [0.25, 0.3) is 0 Å². The third-order valence-corrected chi connectivity index (χ3v) is 15.5. The van der Waals surface area contributed by atoms with E-state index in [2.05, 4.69) is 73.7 Å². The normalized spacial score (nSPS) is 34.1. The van der Waals surface area contributed by atoms with Crippen LogP contribution in [0.4, 0.5) is 0 Å². The van der Waals surface area contributed by atoms with E-state index in [0.717, 1.165) is 54.8 Å². The molecule has 4 nitrogen and oxygen atoms in total. The van der Waals surface area contributed by atoms with Crippen molar-refractivity contribution in [3.8, 4) is 0 Å². The molecule has 4 aliphatic rings. The van der Waals surface area contributed by atoms with Crippen LogP contribution in [0.15, 0.2) is 11.6 Å². The largest absolute Gasteiger partial charge is 0.375 e. The predicted molar refractivity (Wildman–Crippen MR) is 201 cm³/mol. The van der Waals surface area contributed by atoms with E-state index in [0.29, 0.717) is 34.9 Å². The molecule has 9 atom stereocenters. The molecule has 0 spiro atoms. The Kier molecular flexibility index (Phi) is 13.3. The fraction of sp³-hybridized carbons (Fsp3) is 0.905. The maximum atomic E-state index is 13.2. The number of thioether (sulfide) groups is 1. The first kappa shape index (κ1) is 39.0. The van der Waals surface area contributed by atoms with Crippen LogP contribution >= 0.6 is 11.8 Å². The lowest BCUT2D eigenvalue weighted by Gasteiger charge is -2.58. The van der Waals surface area contributed by atoms with Gasteiger partial charge in [-0.3, -0.25) is 4.79 Å². The average Bonchev–Trinajstić information content (AvgIpc) is 3.36. The summed E-state index contributed by atoms with van der Waals surface area (Å²) in [5, 5.41) is 3.91. The van der Waals surface area contributed by atoms with Gasteiger partial charge in [-0.2, -0.15) is 0 Å². The van der Waals surface area contributed by atoms with Gasteiger partial charge in [0, 0.05) is 23.8 Å². The molecule has 0 radical (unpaired) electrons. The number of hydrogen-bond acceptors (Lipinski definition) is 4. The minimum absolute atomic E-state index is 0.155. The Morgan fingerprint density at radius 1 is 1.02 bits per heavy atom. The molecule has 0 heterocycles. The van der Waals surface area contributed by atoms with Crippen LogP contribution in [0.1, 0.15) is 166 Å². The molecular weight excluding hydrogens is 599 g/mol. The Balaban J connectivity index is 1.27. The lowest BCUT2D eigenvalue weighted by Crippen LogP contribution is -2.50. The van der Waals surface area contributed by atoms with Crippen molar-refractivity contribution in [2.24, 2.45) is 46.3 Å². The summed E-state index contributed by atoms with van der Waals surface area (Å²) in [6.07, 6.45) is 20.6. The van der Waals surface area contributed by atoms with E-state index in [-0.39, 0.29) is 22.8 Å². The third-order valence-electron chi connectivity index (χ3n) is 14.2. The molecule has 47 heavy (non-hydrogen) atoms. The zero-order valence-corrected chi connectivity index (χ0v) is 33.1. The highest BCUT2D eigenvalue weighted by Gasteiger charge is 2.59. The quantitative estimate of drug-likeness (QED) is 0.156. The number of fused-ring (bicyclic) bond motifs is 5. The first-order chi connectivity index (χ1) is 22.0. The minimum Gasteiger partial charge on any atom is -0.375 e. The second-order valence-electron chi connectivity index (χ2n) is 18.5. The summed E-state index contributed by atoms with van der Waals surface area (Å²) in [5.74, 6) is 6.15. The van der Waals surface area contributed by atoms with Gasteiger partial charge in [0.25, 0.3) is 0 Å². The highest BCUT2D eigenvalue weighted by Crippen LogP contribution is 2.67. The molecule has 3 unspecified atom stereocenters. The van der Waals surface area contributed by atoms with Gasteiger partial charge in [-0.15, -0.1) is 11.8 Å². The van der Waals surface area contributed by atoms with E-state index < -0.39 is 0 Å². The maximum absolute atomic E-state index is 13.2. The fourth-order valence-electron chi connectivity index (χ4n) is 10.8. The third kappa shape index (κ3) is 9.50. The molecule has 0 saturated heterocycles. The number of carbonyl (C=O) groups is 2. The fourth-order valence-corrected chi connectivity index (χ4v) is 11.8. The molecule has 270 valence electrons. The van der Waals surface area contributed by atoms with Crippen LogP contribution in [-0.4, -0.2) is 40.4 Å². The van der Waals surface area contributed by atoms with Gasteiger partial charge in [0.15, 0.2) is 0 Å². The Bertz CT molecular complexity index is 1100. The van der Waals surface area contributed by atoms with Crippen LogP contribution in [-0.2, 0) is 14.3 Å². The highest BCUT2D eigenvalue weighted by molar-refractivity contribution is 8.00. The maximum Gasteiger partial charge on any atom is 0.230 e. The zero-order valence-electron chi connectivity index (χ0n) is 32.3. The predicted octanol–water partition coefficient (Wildman–Crippen LogP) is 11.0. The van der Waals surface area contributed by atoms with Crippen LogP contribution in [0.5, 0.6) is 0 Å². The number of rotatable bonds is 17. The smallest absolute Gasteiger partial charge is 0.230 e. The summed E-state index contributed by atoms with van der Waals surface area (Å²) < 4.78 is 6.16. The SMILES string of the molecule is CCC(C)(CCOC(C)(C)CCC(C)=O)NC(=O)CSC1CC[C@@]2(C)C(=CCC3[C@@H]4CC[C@H]([C@H](C)CCCC(C)C)[C@@]4(C)CC[C@@H]32)C1. The summed E-state index contributed by atoms with van der Waals surface area (Å²) >= 11 is 1.89. The molecule has 1 amide bonds. The number of ether oxygens (including phenoxy) is 1. The van der Waals surface area contributed by atoms with E-state index in [9.17, 15) is 9.59 Å². The van der Waals surface area contributed by atoms with Crippen molar-refractivity contribution in [1.82, 2.24) is 5.32 Å². The standard InChI is InChI=1S/C42H73NO3S/c1-11-40(8,25-26-46-39(6,7)22-19-31(5)44)43-38(45)28-47-33-20-23-41(9)32(27-33)15-16-34-36-18-17-35(30(4)14-12-13-29(2)3)42(36,10)24-21-37(34)41/h15,29-30,33-37H,11-14,16-28H2,1-10H3,(H,43,45)/t30-,33?,34?,35-,36+,37+,40?,41+,42-/m1/s1. The van der Waals surface area contributed by atoms with Crippen LogP contribution < -0.4 is 5.32 Å². The van der Waals surface area contributed by atoms with Gasteiger partial charge < -0.3 is 14.8 Å². The van der Waals surface area contributed by atoms with Gasteiger partial charge in [-0.25, -0.2) is 0 Å². The lowest BCUT2D eigenvalue weighted by atomic mass is 9.47. The Morgan fingerprint density at radius 2 is 1.77 bits per heavy atom. The molecule has 4 aliphatic carbocycles. The first-order valence-electron chi connectivity index (χ1n) is 19.8. The molecule has 3 fully saturated rings. The van der Waals surface area contributed by atoms with Crippen LogP contribution in [0.2, 0.25) is 0 Å². The van der Waals surface area contributed by atoms with Gasteiger partial charge >= 0.3 is 0 Å². The first-order valence-corrected chi connectivity index (χ1v) is 20.8. The number of amides is 1. The van der Waals surface area contributed by atoms with Crippen molar-refractivity contribution in [1.29, 1.82) is 0 Å². The lowest BCUT2D eigenvalue weighted by molar-refractivity contribution is -0.121. The summed E-state index contributed by atoms with van der Waals surface area (Å²) in [6, 6.07) is 0. The summed E-state index contributed by atoms with van der Waals surface area (Å²) in [4.78, 5) is 24.6. The van der Waals surface area contributed by atoms with Crippen molar-refractivity contribution in [3.63, 3.8) is 0 Å². The van der Waals surface area contributed by atoms with E-state index in [1.54, 1.807) is 12.5 Å². The minimum atomic E-state index is -0.328. The summed E-state index contributed by atoms with van der Waals surface area (Å²) in [5.41, 5.74) is 2.03. The average molecular weight is 672 g/mol. The van der Waals surface area contributed by atoms with E-state index >= 15 is 0 Å². The number of allylic oxidation sites excluding steroid dienone is 2. The number of carbonyl (C=O) groups excluding carboxylic acids is 2. The Labute approximate surface area is 294 Å². The zero-order chi connectivity index (χ0) is 34.6. The van der Waals surface area contributed by atoms with Crippen molar-refractivity contribution < 1.29 is 14.3 Å². The van der Waals surface area contributed by atoms with Gasteiger partial charge in [0.1, 0.15) is 5.78 Å². The summed E-state index contributed by atoms with van der Waals surface area (Å²) in [6.45, 7) is 23.3.